The quantitative estimate of drug-likeness (QED) is 0.653. The third-order valence-electron chi connectivity index (χ3n) is 5.71. The minimum atomic E-state index is -4.84. The van der Waals surface area contributed by atoms with E-state index in [-0.39, 0.29) is 13.0 Å². The van der Waals surface area contributed by atoms with Crippen LogP contribution in [-0.4, -0.2) is 41.9 Å². The Kier molecular flexibility index (Phi) is 5.00. The maximum Gasteiger partial charge on any atom is 0.417 e. The Hall–Kier alpha value is -3.01. The highest BCUT2D eigenvalue weighted by Crippen LogP contribution is 2.39. The number of carboxylic acids is 1. The van der Waals surface area contributed by atoms with Gasteiger partial charge in [0.15, 0.2) is 9.84 Å². The van der Waals surface area contributed by atoms with Gasteiger partial charge in [-0.15, -0.1) is 0 Å². The molecule has 1 aliphatic rings. The zero-order valence-electron chi connectivity index (χ0n) is 16.4. The molecule has 164 valence electrons. The van der Waals surface area contributed by atoms with Crippen LogP contribution in [0.1, 0.15) is 12.0 Å². The van der Waals surface area contributed by atoms with Crippen LogP contribution in [0, 0.1) is 0 Å². The molecular weight excluding hydrogens is 433 g/mol. The van der Waals surface area contributed by atoms with Crippen LogP contribution in [0.2, 0.25) is 0 Å². The second kappa shape index (κ2) is 7.30. The molecule has 2 heterocycles. The van der Waals surface area contributed by atoms with Gasteiger partial charge in [-0.3, -0.25) is 0 Å². The largest absolute Gasteiger partial charge is 0.480 e. The summed E-state index contributed by atoms with van der Waals surface area (Å²) in [4.78, 5) is 12.5. The van der Waals surface area contributed by atoms with Gasteiger partial charge in [0, 0.05) is 24.5 Å². The van der Waals surface area contributed by atoms with Crippen LogP contribution >= 0.6 is 0 Å². The van der Waals surface area contributed by atoms with Gasteiger partial charge >= 0.3 is 12.1 Å². The second-order valence-electron chi connectivity index (χ2n) is 7.52. The van der Waals surface area contributed by atoms with Crippen LogP contribution in [0.4, 0.5) is 19.0 Å². The van der Waals surface area contributed by atoms with E-state index in [0.29, 0.717) is 5.82 Å². The summed E-state index contributed by atoms with van der Waals surface area (Å²) >= 11 is 0. The highest BCUT2D eigenvalue weighted by atomic mass is 32.2. The molecule has 0 radical (unpaired) electrons. The number of alkyl halides is 3. The Morgan fingerprint density at radius 3 is 2.39 bits per heavy atom. The molecule has 4 rings (SSSR count). The van der Waals surface area contributed by atoms with Crippen molar-refractivity contribution in [2.24, 2.45) is 7.05 Å². The van der Waals surface area contributed by atoms with Gasteiger partial charge in [-0.25, -0.2) is 13.2 Å². The lowest BCUT2D eigenvalue weighted by Gasteiger charge is -2.24. The monoisotopic (exact) mass is 452 g/mol. The third kappa shape index (κ3) is 3.54. The molecule has 0 spiro atoms. The summed E-state index contributed by atoms with van der Waals surface area (Å²) in [5, 5.41) is 9.27. The van der Waals surface area contributed by atoms with Crippen LogP contribution in [0.5, 0.6) is 0 Å². The van der Waals surface area contributed by atoms with Crippen molar-refractivity contribution in [1.82, 2.24) is 4.57 Å². The maximum atomic E-state index is 13.4. The molecule has 1 aliphatic heterocycles. The van der Waals surface area contributed by atoms with E-state index in [0.717, 1.165) is 29.1 Å². The van der Waals surface area contributed by atoms with Crippen molar-refractivity contribution < 1.29 is 31.5 Å². The van der Waals surface area contributed by atoms with E-state index < -0.39 is 43.7 Å². The Morgan fingerprint density at radius 1 is 1.10 bits per heavy atom. The molecule has 0 unspecified atom stereocenters. The summed E-state index contributed by atoms with van der Waals surface area (Å²) in [7, 11) is -2.70. The minimum absolute atomic E-state index is 0.227. The van der Waals surface area contributed by atoms with Crippen molar-refractivity contribution >= 4 is 32.5 Å². The van der Waals surface area contributed by atoms with Gasteiger partial charge in [-0.1, -0.05) is 30.3 Å². The highest BCUT2D eigenvalue weighted by molar-refractivity contribution is 7.92. The number of aromatic nitrogens is 1. The van der Waals surface area contributed by atoms with E-state index in [2.05, 4.69) is 0 Å². The molecular formula is C21H19F3N2O4S. The van der Waals surface area contributed by atoms with Gasteiger partial charge in [0.2, 0.25) is 0 Å². The van der Waals surface area contributed by atoms with Gasteiger partial charge in [-0.2, -0.15) is 13.2 Å². The van der Waals surface area contributed by atoms with Crippen molar-refractivity contribution in [1.29, 1.82) is 0 Å². The third-order valence-corrected chi connectivity index (χ3v) is 7.89. The van der Waals surface area contributed by atoms with Crippen molar-refractivity contribution in [2.75, 3.05) is 11.4 Å². The molecule has 1 aromatic heterocycles. The first-order valence-corrected chi connectivity index (χ1v) is 11.0. The predicted octanol–water partition coefficient (Wildman–Crippen LogP) is 3.70. The summed E-state index contributed by atoms with van der Waals surface area (Å²) in [5.41, 5.74) is -0.416. The van der Waals surface area contributed by atoms with Crippen molar-refractivity contribution in [2.45, 2.75) is 28.8 Å². The van der Waals surface area contributed by atoms with Crippen LogP contribution in [-0.2, 0) is 27.9 Å². The number of aliphatic carboxylic acids is 1. The summed E-state index contributed by atoms with van der Waals surface area (Å²) in [5.74, 6) is -0.734. The van der Waals surface area contributed by atoms with E-state index in [9.17, 15) is 31.5 Å². The molecule has 2 aromatic carbocycles. The molecule has 31 heavy (non-hydrogen) atoms. The number of para-hydroxylation sites is 1. The molecule has 1 fully saturated rings. The lowest BCUT2D eigenvalue weighted by atomic mass is 10.2. The Bertz CT molecular complexity index is 1270. The van der Waals surface area contributed by atoms with Crippen LogP contribution in [0.3, 0.4) is 0 Å². The van der Waals surface area contributed by atoms with Crippen LogP contribution in [0.25, 0.3) is 10.9 Å². The fourth-order valence-corrected chi connectivity index (χ4v) is 6.10. The number of rotatable bonds is 4. The molecule has 3 aromatic rings. The fraction of sp³-hybridized carbons (Fsp3) is 0.286. The van der Waals surface area contributed by atoms with Crippen molar-refractivity contribution in [3.05, 3.63) is 60.2 Å². The highest BCUT2D eigenvalue weighted by Gasteiger charge is 2.47. The molecule has 0 amide bonds. The summed E-state index contributed by atoms with van der Waals surface area (Å²) in [6, 6.07) is 11.9. The number of hydrogen-bond donors (Lipinski definition) is 1. The number of sulfone groups is 1. The van der Waals surface area contributed by atoms with E-state index in [4.69, 9.17) is 0 Å². The second-order valence-corrected chi connectivity index (χ2v) is 9.72. The summed E-state index contributed by atoms with van der Waals surface area (Å²) in [6.07, 6.45) is -5.16. The van der Waals surface area contributed by atoms with E-state index in [1.807, 2.05) is 24.3 Å². The molecule has 2 atom stereocenters. The molecule has 0 saturated carbocycles. The molecule has 1 saturated heterocycles. The topological polar surface area (TPSA) is 79.6 Å². The smallest absolute Gasteiger partial charge is 0.417 e. The fourth-order valence-electron chi connectivity index (χ4n) is 4.19. The van der Waals surface area contributed by atoms with E-state index >= 15 is 0 Å². The zero-order valence-corrected chi connectivity index (χ0v) is 17.2. The number of aryl methyl sites for hydroxylation is 1. The van der Waals surface area contributed by atoms with Gasteiger partial charge in [0.25, 0.3) is 0 Å². The van der Waals surface area contributed by atoms with Gasteiger partial charge < -0.3 is 14.6 Å². The molecule has 0 bridgehead atoms. The summed E-state index contributed by atoms with van der Waals surface area (Å²) < 4.78 is 68.3. The number of carbonyl (C=O) groups is 1. The van der Waals surface area contributed by atoms with Crippen molar-refractivity contribution in [3.8, 4) is 0 Å². The first-order valence-electron chi connectivity index (χ1n) is 9.46. The van der Waals surface area contributed by atoms with Gasteiger partial charge in [-0.05, 0) is 30.7 Å². The standard InChI is InChI=1S/C21H19F3N2O4S/c1-25-16-8-4-2-6-13(16)10-19(25)26-12-14(11-17(26)20(27)28)31(29,30)18-9-5-3-7-15(18)21(22,23)24/h2-10,14,17H,11-12H2,1H3,(H,27,28)/t14-,17+/m1/s1. The number of carboxylic acid groups (broad SMARTS) is 1. The molecule has 6 nitrogen and oxygen atoms in total. The van der Waals surface area contributed by atoms with Crippen LogP contribution in [0.15, 0.2) is 59.5 Å². The zero-order chi connectivity index (χ0) is 22.6. The predicted molar refractivity (Wildman–Crippen MR) is 109 cm³/mol. The first-order chi connectivity index (χ1) is 14.5. The lowest BCUT2D eigenvalue weighted by molar-refractivity contribution is -0.140. The normalized spacial score (nSPS) is 19.8. The van der Waals surface area contributed by atoms with Gasteiger partial charge in [0.1, 0.15) is 11.9 Å². The molecule has 0 aliphatic carbocycles. The molecule has 10 heteroatoms. The SMILES string of the molecule is Cn1c(N2C[C@H](S(=O)(=O)c3ccccc3C(F)(F)F)C[C@H]2C(=O)O)cc2ccccc21. The van der Waals surface area contributed by atoms with E-state index in [1.54, 1.807) is 17.7 Å². The number of hydrogen-bond acceptors (Lipinski definition) is 4. The number of fused-ring (bicyclic) bond motifs is 1. The number of anilines is 1. The number of halogens is 3. The Labute approximate surface area is 176 Å². The lowest BCUT2D eigenvalue weighted by Crippen LogP contribution is -2.37. The van der Waals surface area contributed by atoms with Gasteiger partial charge in [0.05, 0.1) is 15.7 Å². The first kappa shape index (κ1) is 21.2. The maximum absolute atomic E-state index is 13.4. The average molecular weight is 452 g/mol. The summed E-state index contributed by atoms with van der Waals surface area (Å²) in [6.45, 7) is -0.227. The Morgan fingerprint density at radius 2 is 1.74 bits per heavy atom. The molecule has 1 N–H and O–H groups in total. The van der Waals surface area contributed by atoms with Crippen molar-refractivity contribution in [3.63, 3.8) is 0 Å². The van der Waals surface area contributed by atoms with Crippen LogP contribution < -0.4 is 4.90 Å². The average Bonchev–Trinajstić information content (AvgIpc) is 3.30. The number of nitrogens with zero attached hydrogens (tertiary/aromatic N) is 2. The number of benzene rings is 2. The van der Waals surface area contributed by atoms with E-state index in [1.165, 1.54) is 11.0 Å². The minimum Gasteiger partial charge on any atom is -0.480 e. The Balaban J connectivity index is 1.77.